The number of piperidine rings is 1. The number of carbonyl (C=O) groups excluding carboxylic acids is 2. The Morgan fingerprint density at radius 1 is 1.30 bits per heavy atom. The van der Waals surface area contributed by atoms with Crippen LogP contribution in [0.1, 0.15) is 32.3 Å². The van der Waals surface area contributed by atoms with Crippen LogP contribution in [0.4, 0.5) is 10.5 Å². The second kappa shape index (κ2) is 5.62. The number of fused-ring (bicyclic) bond motifs is 1. The van der Waals surface area contributed by atoms with Gasteiger partial charge in [0.15, 0.2) is 0 Å². The van der Waals surface area contributed by atoms with Gasteiger partial charge in [0, 0.05) is 6.54 Å². The normalized spacial score (nSPS) is 21.9. The van der Waals surface area contributed by atoms with Gasteiger partial charge in [-0.15, -0.1) is 0 Å². The Morgan fingerprint density at radius 3 is 2.65 bits per heavy atom. The Balaban J connectivity index is 1.76. The molecule has 3 amide bonds. The van der Waals surface area contributed by atoms with Crippen molar-refractivity contribution in [3.63, 3.8) is 0 Å². The number of para-hydroxylation sites is 1. The Kier molecular flexibility index (Phi) is 3.90. The zero-order valence-corrected chi connectivity index (χ0v) is 13.6. The van der Waals surface area contributed by atoms with Gasteiger partial charge in [0.2, 0.25) is 5.91 Å². The van der Waals surface area contributed by atoms with E-state index in [2.05, 4.69) is 10.6 Å². The largest absolute Gasteiger partial charge is 0.388 e. The Hall–Kier alpha value is -1.92. The summed E-state index contributed by atoms with van der Waals surface area (Å²) in [4.78, 5) is 26.4. The fraction of sp³-hybridized carbons (Fsp3) is 0.529. The van der Waals surface area contributed by atoms with Crippen LogP contribution in [-0.2, 0) is 10.2 Å². The molecule has 0 unspecified atom stereocenters. The highest BCUT2D eigenvalue weighted by Crippen LogP contribution is 2.41. The fourth-order valence-corrected chi connectivity index (χ4v) is 3.29. The van der Waals surface area contributed by atoms with E-state index in [-0.39, 0.29) is 12.5 Å². The van der Waals surface area contributed by atoms with Crippen molar-refractivity contribution in [3.8, 4) is 0 Å². The molecule has 2 heterocycles. The zero-order valence-electron chi connectivity index (χ0n) is 13.6. The molecule has 23 heavy (non-hydrogen) atoms. The van der Waals surface area contributed by atoms with Crippen molar-refractivity contribution in [2.45, 2.75) is 37.7 Å². The van der Waals surface area contributed by atoms with E-state index in [0.717, 1.165) is 18.7 Å². The van der Waals surface area contributed by atoms with Gasteiger partial charge in [0.1, 0.15) is 0 Å². The molecule has 0 aromatic heterocycles. The lowest BCUT2D eigenvalue weighted by atomic mass is 9.86. The quantitative estimate of drug-likeness (QED) is 0.764. The van der Waals surface area contributed by atoms with Gasteiger partial charge in [0.05, 0.1) is 16.7 Å². The van der Waals surface area contributed by atoms with Crippen molar-refractivity contribution in [2.24, 2.45) is 0 Å². The number of hydrogen-bond acceptors (Lipinski definition) is 4. The molecule has 1 fully saturated rings. The molecule has 0 bridgehead atoms. The summed E-state index contributed by atoms with van der Waals surface area (Å²) in [6.07, 6.45) is 1.17. The molecule has 2 aliphatic heterocycles. The number of urea groups is 1. The molecule has 1 aromatic rings. The van der Waals surface area contributed by atoms with E-state index in [1.165, 1.54) is 4.90 Å². The Morgan fingerprint density at radius 2 is 1.96 bits per heavy atom. The second-order valence-corrected chi connectivity index (χ2v) is 6.92. The SMILES string of the molecule is CC1(C)C(=O)N(C(=O)NCC2(O)CCNCC2)c2ccccc21. The van der Waals surface area contributed by atoms with Crippen LogP contribution in [-0.4, -0.2) is 42.3 Å². The van der Waals surface area contributed by atoms with Gasteiger partial charge in [-0.25, -0.2) is 9.69 Å². The van der Waals surface area contributed by atoms with Gasteiger partial charge in [-0.1, -0.05) is 18.2 Å². The second-order valence-electron chi connectivity index (χ2n) is 6.92. The molecule has 0 aliphatic carbocycles. The van der Waals surface area contributed by atoms with E-state index in [9.17, 15) is 14.7 Å². The number of rotatable bonds is 2. The number of aliphatic hydroxyl groups is 1. The third-order valence-corrected chi connectivity index (χ3v) is 4.86. The highest BCUT2D eigenvalue weighted by atomic mass is 16.3. The van der Waals surface area contributed by atoms with Crippen molar-refractivity contribution < 1.29 is 14.7 Å². The predicted octanol–water partition coefficient (Wildman–Crippen LogP) is 1.13. The summed E-state index contributed by atoms with van der Waals surface area (Å²) in [6.45, 7) is 5.25. The average Bonchev–Trinajstić information content (AvgIpc) is 2.74. The van der Waals surface area contributed by atoms with Crippen molar-refractivity contribution >= 4 is 17.6 Å². The number of nitrogens with one attached hydrogen (secondary N) is 2. The van der Waals surface area contributed by atoms with Gasteiger partial charge in [-0.2, -0.15) is 0 Å². The number of nitrogens with zero attached hydrogens (tertiary/aromatic N) is 1. The predicted molar refractivity (Wildman–Crippen MR) is 87.4 cm³/mol. The van der Waals surface area contributed by atoms with E-state index in [4.69, 9.17) is 0 Å². The smallest absolute Gasteiger partial charge is 0.328 e. The Labute approximate surface area is 135 Å². The number of imide groups is 1. The molecule has 2 aliphatic rings. The van der Waals surface area contributed by atoms with Crippen LogP contribution >= 0.6 is 0 Å². The summed E-state index contributed by atoms with van der Waals surface area (Å²) in [5.41, 5.74) is -0.156. The number of anilines is 1. The summed E-state index contributed by atoms with van der Waals surface area (Å²) < 4.78 is 0. The van der Waals surface area contributed by atoms with Gasteiger partial charge in [-0.3, -0.25) is 4.79 Å². The fourth-order valence-electron chi connectivity index (χ4n) is 3.29. The molecule has 1 aromatic carbocycles. The molecule has 0 atom stereocenters. The molecule has 3 N–H and O–H groups in total. The average molecular weight is 317 g/mol. The van der Waals surface area contributed by atoms with Gasteiger partial charge in [0.25, 0.3) is 0 Å². The van der Waals surface area contributed by atoms with Crippen molar-refractivity contribution in [2.75, 3.05) is 24.5 Å². The number of carbonyl (C=O) groups is 2. The van der Waals surface area contributed by atoms with Crippen LogP contribution in [0.25, 0.3) is 0 Å². The van der Waals surface area contributed by atoms with E-state index < -0.39 is 17.0 Å². The molecule has 124 valence electrons. The minimum Gasteiger partial charge on any atom is -0.388 e. The summed E-state index contributed by atoms with van der Waals surface area (Å²) in [5, 5.41) is 16.4. The third-order valence-electron chi connectivity index (χ3n) is 4.86. The summed E-state index contributed by atoms with van der Waals surface area (Å²) in [7, 11) is 0. The number of amides is 3. The molecular weight excluding hydrogens is 294 g/mol. The molecule has 0 saturated carbocycles. The standard InChI is InChI=1S/C17H23N3O3/c1-16(2)12-5-3-4-6-13(12)20(14(16)21)15(22)19-11-17(23)7-9-18-10-8-17/h3-6,18,23H,7-11H2,1-2H3,(H,19,22). The molecule has 3 rings (SSSR count). The number of benzene rings is 1. The maximum absolute atomic E-state index is 12.6. The number of hydrogen-bond donors (Lipinski definition) is 3. The minimum atomic E-state index is -0.904. The van der Waals surface area contributed by atoms with Gasteiger partial charge in [-0.05, 0) is 51.4 Å². The van der Waals surface area contributed by atoms with Crippen LogP contribution in [0.15, 0.2) is 24.3 Å². The first kappa shape index (κ1) is 16.0. The zero-order chi connectivity index (χ0) is 16.7. The maximum Gasteiger partial charge on any atom is 0.328 e. The van der Waals surface area contributed by atoms with E-state index >= 15 is 0 Å². The van der Waals surface area contributed by atoms with E-state index in [1.54, 1.807) is 6.07 Å². The summed E-state index contributed by atoms with van der Waals surface area (Å²) in [5.74, 6) is -0.242. The first-order valence-corrected chi connectivity index (χ1v) is 8.00. The molecular formula is C17H23N3O3. The highest BCUT2D eigenvalue weighted by molar-refractivity contribution is 6.22. The topological polar surface area (TPSA) is 81.7 Å². The summed E-state index contributed by atoms with van der Waals surface area (Å²) >= 11 is 0. The lowest BCUT2D eigenvalue weighted by molar-refractivity contribution is -0.121. The van der Waals surface area contributed by atoms with Crippen LogP contribution in [0.5, 0.6) is 0 Å². The molecule has 0 radical (unpaired) electrons. The first-order chi connectivity index (χ1) is 10.9. The van der Waals surface area contributed by atoms with Gasteiger partial charge >= 0.3 is 6.03 Å². The lowest BCUT2D eigenvalue weighted by Crippen LogP contribution is -2.53. The third kappa shape index (κ3) is 2.72. The first-order valence-electron chi connectivity index (χ1n) is 8.00. The van der Waals surface area contributed by atoms with Crippen molar-refractivity contribution in [3.05, 3.63) is 29.8 Å². The van der Waals surface area contributed by atoms with Crippen molar-refractivity contribution in [1.82, 2.24) is 10.6 Å². The summed E-state index contributed by atoms with van der Waals surface area (Å²) in [6, 6.07) is 6.86. The van der Waals surface area contributed by atoms with E-state index in [1.807, 2.05) is 32.0 Å². The molecule has 0 spiro atoms. The van der Waals surface area contributed by atoms with Gasteiger partial charge < -0.3 is 15.7 Å². The minimum absolute atomic E-state index is 0.153. The monoisotopic (exact) mass is 317 g/mol. The van der Waals surface area contributed by atoms with Crippen LogP contribution in [0, 0.1) is 0 Å². The Bertz CT molecular complexity index is 636. The molecule has 6 nitrogen and oxygen atoms in total. The molecule has 1 saturated heterocycles. The lowest BCUT2D eigenvalue weighted by Gasteiger charge is -2.33. The van der Waals surface area contributed by atoms with Crippen LogP contribution in [0.2, 0.25) is 0 Å². The maximum atomic E-state index is 12.6. The van der Waals surface area contributed by atoms with E-state index in [0.29, 0.717) is 18.5 Å². The van der Waals surface area contributed by atoms with Crippen LogP contribution < -0.4 is 15.5 Å². The van der Waals surface area contributed by atoms with Crippen LogP contribution in [0.3, 0.4) is 0 Å². The molecule has 6 heteroatoms. The van der Waals surface area contributed by atoms with Crippen molar-refractivity contribution in [1.29, 1.82) is 0 Å². The highest BCUT2D eigenvalue weighted by Gasteiger charge is 2.46.